The number of carboxylic acids is 1. The van der Waals surface area contributed by atoms with Crippen LogP contribution in [0.4, 0.5) is 0 Å². The Morgan fingerprint density at radius 3 is 2.40 bits per heavy atom. The van der Waals surface area contributed by atoms with Crippen LogP contribution < -0.4 is 9.47 Å². The number of hydrogen-bond acceptors (Lipinski definition) is 4. The van der Waals surface area contributed by atoms with Crippen LogP contribution in [0.2, 0.25) is 0 Å². The van der Waals surface area contributed by atoms with Gasteiger partial charge in [-0.3, -0.25) is 4.79 Å². The first-order chi connectivity index (χ1) is 12.0. The number of methoxy groups -OCH3 is 1. The van der Waals surface area contributed by atoms with Crippen LogP contribution >= 0.6 is 0 Å². The number of carboxylic acid groups (broad SMARTS) is 1. The highest BCUT2D eigenvalue weighted by Gasteiger charge is 2.11. The van der Waals surface area contributed by atoms with Crippen LogP contribution in [0, 0.1) is 0 Å². The number of ether oxygens (including phenoxy) is 2. The molecule has 0 fully saturated rings. The lowest BCUT2D eigenvalue weighted by molar-refractivity contribution is -0.139. The number of nitrogens with zero attached hydrogens (tertiary/aromatic N) is 1. The fraction of sp³-hybridized carbons (Fsp3) is 0.263. The molecule has 1 N–H and O–H groups in total. The van der Waals surface area contributed by atoms with Crippen molar-refractivity contribution >= 4 is 11.9 Å². The Kier molecular flexibility index (Phi) is 6.39. The molecule has 6 nitrogen and oxygen atoms in total. The van der Waals surface area contributed by atoms with E-state index in [1.807, 2.05) is 36.4 Å². The van der Waals surface area contributed by atoms with Crippen LogP contribution in [-0.2, 0) is 22.6 Å². The van der Waals surface area contributed by atoms with Gasteiger partial charge in [0.2, 0.25) is 5.91 Å². The highest BCUT2D eigenvalue weighted by molar-refractivity contribution is 5.78. The van der Waals surface area contributed by atoms with Crippen molar-refractivity contribution in [3.05, 3.63) is 59.7 Å². The van der Waals surface area contributed by atoms with E-state index in [4.69, 9.17) is 14.6 Å². The summed E-state index contributed by atoms with van der Waals surface area (Å²) in [5, 5.41) is 8.59. The minimum atomic E-state index is -1.02. The maximum atomic E-state index is 12.4. The van der Waals surface area contributed by atoms with Gasteiger partial charge in [0.05, 0.1) is 13.5 Å². The van der Waals surface area contributed by atoms with Gasteiger partial charge in [-0.1, -0.05) is 24.3 Å². The van der Waals surface area contributed by atoms with E-state index in [0.717, 1.165) is 16.9 Å². The number of amides is 1. The molecule has 132 valence electrons. The fourth-order valence-corrected chi connectivity index (χ4v) is 2.29. The first-order valence-electron chi connectivity index (χ1n) is 7.78. The van der Waals surface area contributed by atoms with Gasteiger partial charge < -0.3 is 19.5 Å². The third-order valence-corrected chi connectivity index (χ3v) is 3.62. The van der Waals surface area contributed by atoms with Crippen molar-refractivity contribution in [2.24, 2.45) is 0 Å². The number of benzene rings is 2. The van der Waals surface area contributed by atoms with E-state index in [9.17, 15) is 9.59 Å². The Balaban J connectivity index is 1.90. The van der Waals surface area contributed by atoms with E-state index in [0.29, 0.717) is 18.7 Å². The number of hydrogen-bond donors (Lipinski definition) is 1. The predicted molar refractivity (Wildman–Crippen MR) is 92.7 cm³/mol. The number of aliphatic carboxylic acids is 1. The van der Waals surface area contributed by atoms with Gasteiger partial charge in [0.15, 0.2) is 6.61 Å². The second kappa shape index (κ2) is 8.73. The molecule has 0 bridgehead atoms. The first-order valence-corrected chi connectivity index (χ1v) is 7.78. The lowest BCUT2D eigenvalue weighted by Gasteiger charge is -2.18. The van der Waals surface area contributed by atoms with E-state index >= 15 is 0 Å². The van der Waals surface area contributed by atoms with Crippen molar-refractivity contribution in [2.45, 2.75) is 13.0 Å². The molecule has 0 atom stereocenters. The smallest absolute Gasteiger partial charge is 0.341 e. The fourth-order valence-electron chi connectivity index (χ4n) is 2.29. The topological polar surface area (TPSA) is 76.1 Å². The summed E-state index contributed by atoms with van der Waals surface area (Å²) in [4.78, 5) is 24.5. The average Bonchev–Trinajstić information content (AvgIpc) is 2.61. The van der Waals surface area contributed by atoms with Gasteiger partial charge >= 0.3 is 5.97 Å². The summed E-state index contributed by atoms with van der Waals surface area (Å²) in [7, 11) is 3.34. The number of likely N-dealkylation sites (N-methyl/N-ethyl adjacent to an activating group) is 1. The van der Waals surface area contributed by atoms with Crippen LogP contribution in [0.25, 0.3) is 0 Å². The summed E-state index contributed by atoms with van der Waals surface area (Å²) < 4.78 is 10.2. The van der Waals surface area contributed by atoms with Gasteiger partial charge in [0.1, 0.15) is 11.5 Å². The molecule has 0 saturated carbocycles. The molecule has 0 aliphatic heterocycles. The monoisotopic (exact) mass is 343 g/mol. The molecule has 0 radical (unpaired) electrons. The molecule has 0 aliphatic rings. The SMILES string of the molecule is COc1cccc(CC(=O)N(C)Cc2ccc(OCC(=O)O)cc2)c1. The van der Waals surface area contributed by atoms with Gasteiger partial charge in [-0.25, -0.2) is 4.79 Å². The van der Waals surface area contributed by atoms with Crippen LogP contribution in [0.3, 0.4) is 0 Å². The second-order valence-electron chi connectivity index (χ2n) is 5.60. The highest BCUT2D eigenvalue weighted by Crippen LogP contribution is 2.16. The van der Waals surface area contributed by atoms with Crippen molar-refractivity contribution < 1.29 is 24.2 Å². The summed E-state index contributed by atoms with van der Waals surface area (Å²) in [6.45, 7) is 0.0836. The van der Waals surface area contributed by atoms with Gasteiger partial charge in [-0.05, 0) is 35.4 Å². The van der Waals surface area contributed by atoms with Crippen LogP contribution in [0.15, 0.2) is 48.5 Å². The van der Waals surface area contributed by atoms with E-state index in [1.54, 1.807) is 31.2 Å². The molecule has 25 heavy (non-hydrogen) atoms. The van der Waals surface area contributed by atoms with Crippen molar-refractivity contribution in [3.8, 4) is 11.5 Å². The van der Waals surface area contributed by atoms with Crippen LogP contribution in [-0.4, -0.2) is 42.6 Å². The first kappa shape index (κ1) is 18.3. The van der Waals surface area contributed by atoms with Gasteiger partial charge in [0, 0.05) is 13.6 Å². The Labute approximate surface area is 146 Å². The Morgan fingerprint density at radius 2 is 1.76 bits per heavy atom. The van der Waals surface area contributed by atoms with E-state index < -0.39 is 5.97 Å². The maximum Gasteiger partial charge on any atom is 0.341 e. The summed E-state index contributed by atoms with van der Waals surface area (Å²) in [5.74, 6) is 0.188. The molecular weight excluding hydrogens is 322 g/mol. The third-order valence-electron chi connectivity index (χ3n) is 3.62. The van der Waals surface area contributed by atoms with Gasteiger partial charge in [0.25, 0.3) is 0 Å². The molecule has 2 rings (SSSR count). The zero-order valence-electron chi connectivity index (χ0n) is 14.3. The Morgan fingerprint density at radius 1 is 1.04 bits per heavy atom. The molecule has 0 saturated heterocycles. The lowest BCUT2D eigenvalue weighted by Crippen LogP contribution is -2.27. The summed E-state index contributed by atoms with van der Waals surface area (Å²) in [6.07, 6.45) is 0.299. The number of rotatable bonds is 8. The third kappa shape index (κ3) is 5.84. The summed E-state index contributed by atoms with van der Waals surface area (Å²) in [5.41, 5.74) is 1.83. The molecule has 0 heterocycles. The average molecular weight is 343 g/mol. The van der Waals surface area contributed by atoms with Crippen molar-refractivity contribution in [1.82, 2.24) is 4.90 Å². The van der Waals surface area contributed by atoms with E-state index in [-0.39, 0.29) is 12.5 Å². The molecule has 2 aromatic rings. The Hall–Kier alpha value is -3.02. The molecular formula is C19H21NO5. The molecule has 0 aromatic heterocycles. The van der Waals surface area contributed by atoms with Crippen molar-refractivity contribution in [1.29, 1.82) is 0 Å². The van der Waals surface area contributed by atoms with Crippen LogP contribution in [0.5, 0.6) is 11.5 Å². The predicted octanol–water partition coefficient (Wildman–Crippen LogP) is 2.36. The standard InChI is InChI=1S/C19H21NO5/c1-20(18(21)11-15-4-3-5-17(10-15)24-2)12-14-6-8-16(9-7-14)25-13-19(22)23/h3-10H,11-13H2,1-2H3,(H,22,23). The zero-order chi connectivity index (χ0) is 18.2. The highest BCUT2D eigenvalue weighted by atomic mass is 16.5. The van der Waals surface area contributed by atoms with Crippen molar-refractivity contribution in [3.63, 3.8) is 0 Å². The molecule has 6 heteroatoms. The van der Waals surface area contributed by atoms with E-state index in [2.05, 4.69) is 0 Å². The zero-order valence-corrected chi connectivity index (χ0v) is 14.3. The molecule has 0 spiro atoms. The minimum Gasteiger partial charge on any atom is -0.497 e. The summed E-state index contributed by atoms with van der Waals surface area (Å²) in [6, 6.07) is 14.4. The largest absolute Gasteiger partial charge is 0.497 e. The van der Waals surface area contributed by atoms with Crippen LogP contribution in [0.1, 0.15) is 11.1 Å². The van der Waals surface area contributed by atoms with Crippen molar-refractivity contribution in [2.75, 3.05) is 20.8 Å². The maximum absolute atomic E-state index is 12.4. The normalized spacial score (nSPS) is 10.2. The Bertz CT molecular complexity index is 727. The van der Waals surface area contributed by atoms with Gasteiger partial charge in [-0.15, -0.1) is 0 Å². The summed E-state index contributed by atoms with van der Waals surface area (Å²) >= 11 is 0. The molecule has 0 unspecified atom stereocenters. The molecule has 1 amide bonds. The molecule has 0 aliphatic carbocycles. The number of carbonyl (C=O) groups excluding carboxylic acids is 1. The molecule has 2 aromatic carbocycles. The minimum absolute atomic E-state index is 0.000503. The second-order valence-corrected chi connectivity index (χ2v) is 5.60. The van der Waals surface area contributed by atoms with Gasteiger partial charge in [-0.2, -0.15) is 0 Å². The lowest BCUT2D eigenvalue weighted by atomic mass is 10.1. The quantitative estimate of drug-likeness (QED) is 0.796. The number of carbonyl (C=O) groups is 2. The van der Waals surface area contributed by atoms with E-state index in [1.165, 1.54) is 0 Å².